The van der Waals surface area contributed by atoms with Crippen molar-refractivity contribution in [2.45, 2.75) is 19.2 Å². The summed E-state index contributed by atoms with van der Waals surface area (Å²) >= 11 is 0. The lowest BCUT2D eigenvalue weighted by atomic mass is 10.00. The summed E-state index contributed by atoms with van der Waals surface area (Å²) in [6, 6.07) is 3.40. The Morgan fingerprint density at radius 1 is 1.29 bits per heavy atom. The Morgan fingerprint density at radius 2 is 1.88 bits per heavy atom. The first-order valence-electron chi connectivity index (χ1n) is 5.22. The molecule has 96 valence electrons. The fourth-order valence-corrected chi connectivity index (χ4v) is 1.67. The predicted molar refractivity (Wildman–Crippen MR) is 59.7 cm³/mol. The molecule has 0 radical (unpaired) electrons. The zero-order valence-electron chi connectivity index (χ0n) is 10.0. The zero-order chi connectivity index (χ0) is 13.2. The molecular formula is C12H16F3NO. The van der Waals surface area contributed by atoms with Crippen molar-refractivity contribution in [1.29, 1.82) is 0 Å². The van der Waals surface area contributed by atoms with Crippen LogP contribution < -0.4 is 0 Å². The summed E-state index contributed by atoms with van der Waals surface area (Å²) in [4.78, 5) is 1.78. The smallest absolute Gasteiger partial charge is 0.387 e. The molecule has 0 saturated carbocycles. The fraction of sp³-hybridized carbons (Fsp3) is 0.500. The fourth-order valence-electron chi connectivity index (χ4n) is 1.67. The SMILES string of the molecule is Cc1cc(C(F)(F)F)ccc1C(O)CN(C)C. The summed E-state index contributed by atoms with van der Waals surface area (Å²) in [6.45, 7) is 1.95. The van der Waals surface area contributed by atoms with Gasteiger partial charge in [-0.1, -0.05) is 6.07 Å². The molecule has 0 amide bonds. The van der Waals surface area contributed by atoms with Crippen LogP contribution in [0.1, 0.15) is 22.8 Å². The van der Waals surface area contributed by atoms with Crippen LogP contribution in [0.2, 0.25) is 0 Å². The van der Waals surface area contributed by atoms with E-state index in [4.69, 9.17) is 0 Å². The van der Waals surface area contributed by atoms with Crippen molar-refractivity contribution in [1.82, 2.24) is 4.90 Å². The Bertz CT molecular complexity index is 388. The van der Waals surface area contributed by atoms with Crippen LogP contribution in [-0.4, -0.2) is 30.6 Å². The highest BCUT2D eigenvalue weighted by atomic mass is 19.4. The third-order valence-electron chi connectivity index (χ3n) is 2.49. The number of likely N-dealkylation sites (N-methyl/N-ethyl adjacent to an activating group) is 1. The Hall–Kier alpha value is -1.07. The summed E-state index contributed by atoms with van der Waals surface area (Å²) in [5, 5.41) is 9.84. The second-order valence-electron chi connectivity index (χ2n) is 4.35. The first-order valence-corrected chi connectivity index (χ1v) is 5.22. The summed E-state index contributed by atoms with van der Waals surface area (Å²) in [7, 11) is 3.59. The number of hydrogen-bond donors (Lipinski definition) is 1. The Balaban J connectivity index is 2.98. The molecular weight excluding hydrogens is 231 g/mol. The number of benzene rings is 1. The van der Waals surface area contributed by atoms with E-state index >= 15 is 0 Å². The summed E-state index contributed by atoms with van der Waals surface area (Å²) in [6.07, 6.45) is -5.11. The average molecular weight is 247 g/mol. The van der Waals surface area contributed by atoms with Crippen molar-refractivity contribution in [3.63, 3.8) is 0 Å². The van der Waals surface area contributed by atoms with E-state index in [-0.39, 0.29) is 0 Å². The number of rotatable bonds is 3. The lowest BCUT2D eigenvalue weighted by molar-refractivity contribution is -0.137. The predicted octanol–water partition coefficient (Wildman–Crippen LogP) is 2.61. The van der Waals surface area contributed by atoms with Crippen LogP contribution in [0, 0.1) is 6.92 Å². The third-order valence-corrected chi connectivity index (χ3v) is 2.49. The number of aliphatic hydroxyl groups excluding tert-OH is 1. The summed E-state index contributed by atoms with van der Waals surface area (Å²) in [5.74, 6) is 0. The van der Waals surface area contributed by atoms with Crippen molar-refractivity contribution in [3.8, 4) is 0 Å². The van der Waals surface area contributed by atoms with Gasteiger partial charge in [-0.15, -0.1) is 0 Å². The van der Waals surface area contributed by atoms with Crippen LogP contribution in [0.25, 0.3) is 0 Å². The van der Waals surface area contributed by atoms with Gasteiger partial charge in [-0.3, -0.25) is 0 Å². The lowest BCUT2D eigenvalue weighted by Gasteiger charge is -2.19. The van der Waals surface area contributed by atoms with E-state index in [1.165, 1.54) is 6.07 Å². The van der Waals surface area contributed by atoms with Crippen molar-refractivity contribution in [3.05, 3.63) is 34.9 Å². The van der Waals surface area contributed by atoms with Crippen molar-refractivity contribution < 1.29 is 18.3 Å². The Kier molecular flexibility index (Phi) is 4.16. The average Bonchev–Trinajstić information content (AvgIpc) is 2.14. The molecule has 0 aliphatic rings. The monoisotopic (exact) mass is 247 g/mol. The molecule has 0 bridgehead atoms. The van der Waals surface area contributed by atoms with Crippen molar-refractivity contribution in [2.24, 2.45) is 0 Å². The molecule has 1 unspecified atom stereocenters. The second kappa shape index (κ2) is 5.06. The molecule has 5 heteroatoms. The van der Waals surface area contributed by atoms with E-state index in [0.29, 0.717) is 17.7 Å². The van der Waals surface area contributed by atoms with Gasteiger partial charge in [0, 0.05) is 6.54 Å². The highest BCUT2D eigenvalue weighted by Gasteiger charge is 2.30. The Morgan fingerprint density at radius 3 is 2.29 bits per heavy atom. The van der Waals surface area contributed by atoms with Gasteiger partial charge >= 0.3 is 6.18 Å². The first-order chi connectivity index (χ1) is 7.71. The third kappa shape index (κ3) is 3.71. The quantitative estimate of drug-likeness (QED) is 0.887. The van der Waals surface area contributed by atoms with E-state index in [1.54, 1.807) is 25.9 Å². The van der Waals surface area contributed by atoms with Crippen LogP contribution >= 0.6 is 0 Å². The van der Waals surface area contributed by atoms with E-state index in [2.05, 4.69) is 0 Å². The minimum Gasteiger partial charge on any atom is -0.387 e. The molecule has 1 rings (SSSR count). The van der Waals surface area contributed by atoms with Crippen LogP contribution in [0.15, 0.2) is 18.2 Å². The normalized spacial score (nSPS) is 14.1. The van der Waals surface area contributed by atoms with E-state index in [1.807, 2.05) is 0 Å². The van der Waals surface area contributed by atoms with Gasteiger partial charge in [-0.25, -0.2) is 0 Å². The number of halogens is 3. The van der Waals surface area contributed by atoms with Gasteiger partial charge < -0.3 is 10.0 Å². The van der Waals surface area contributed by atoms with E-state index in [0.717, 1.165) is 12.1 Å². The maximum atomic E-state index is 12.4. The molecule has 0 saturated heterocycles. The number of alkyl halides is 3. The molecule has 0 fully saturated rings. The van der Waals surface area contributed by atoms with Gasteiger partial charge in [0.1, 0.15) is 0 Å². The van der Waals surface area contributed by atoms with Gasteiger partial charge in [-0.2, -0.15) is 13.2 Å². The summed E-state index contributed by atoms with van der Waals surface area (Å²) in [5.41, 5.74) is 0.302. The van der Waals surface area contributed by atoms with Gasteiger partial charge in [0.15, 0.2) is 0 Å². The molecule has 0 aliphatic heterocycles. The molecule has 0 heterocycles. The molecule has 1 aromatic carbocycles. The van der Waals surface area contributed by atoms with Crippen LogP contribution in [-0.2, 0) is 6.18 Å². The molecule has 17 heavy (non-hydrogen) atoms. The molecule has 0 aromatic heterocycles. The van der Waals surface area contributed by atoms with Crippen LogP contribution in [0.4, 0.5) is 13.2 Å². The zero-order valence-corrected chi connectivity index (χ0v) is 10.0. The molecule has 0 spiro atoms. The molecule has 1 N–H and O–H groups in total. The standard InChI is InChI=1S/C12H16F3NO/c1-8-6-9(12(13,14)15)4-5-10(8)11(17)7-16(2)3/h4-6,11,17H,7H2,1-3H3. The van der Waals surface area contributed by atoms with Gasteiger partial charge in [-0.05, 0) is 44.3 Å². The lowest BCUT2D eigenvalue weighted by Crippen LogP contribution is -2.20. The van der Waals surface area contributed by atoms with E-state index < -0.39 is 17.8 Å². The van der Waals surface area contributed by atoms with Gasteiger partial charge in [0.05, 0.1) is 11.7 Å². The molecule has 1 atom stereocenters. The summed E-state index contributed by atoms with van der Waals surface area (Å²) < 4.78 is 37.3. The van der Waals surface area contributed by atoms with E-state index in [9.17, 15) is 18.3 Å². The highest BCUT2D eigenvalue weighted by Crippen LogP contribution is 2.31. The van der Waals surface area contributed by atoms with Crippen LogP contribution in [0.3, 0.4) is 0 Å². The van der Waals surface area contributed by atoms with Gasteiger partial charge in [0.25, 0.3) is 0 Å². The van der Waals surface area contributed by atoms with Crippen molar-refractivity contribution in [2.75, 3.05) is 20.6 Å². The minimum absolute atomic E-state index is 0.381. The molecule has 2 nitrogen and oxygen atoms in total. The highest BCUT2D eigenvalue weighted by molar-refractivity contribution is 5.34. The molecule has 0 aliphatic carbocycles. The molecule has 1 aromatic rings. The topological polar surface area (TPSA) is 23.5 Å². The van der Waals surface area contributed by atoms with Crippen LogP contribution in [0.5, 0.6) is 0 Å². The number of aliphatic hydroxyl groups is 1. The number of aryl methyl sites for hydroxylation is 1. The largest absolute Gasteiger partial charge is 0.416 e. The minimum atomic E-state index is -4.34. The van der Waals surface area contributed by atoms with Gasteiger partial charge in [0.2, 0.25) is 0 Å². The van der Waals surface area contributed by atoms with Crippen molar-refractivity contribution >= 4 is 0 Å². The second-order valence-corrected chi connectivity index (χ2v) is 4.35. The number of nitrogens with zero attached hydrogens (tertiary/aromatic N) is 1. The maximum absolute atomic E-state index is 12.4. The number of hydrogen-bond acceptors (Lipinski definition) is 2. The first kappa shape index (κ1) is 14.0. The Labute approximate surface area is 98.7 Å². The maximum Gasteiger partial charge on any atom is 0.416 e.